The molecule has 1 fully saturated rings. The molecule has 1 saturated heterocycles. The SMILES string of the molecule is CCC[C@H](NC(=O)OCC1c2ccccc2-c2ccccc21)C(=O)NC1C(=O)NCC1C(=O)O. The van der Waals surface area contributed by atoms with Gasteiger partial charge in [-0.1, -0.05) is 61.9 Å². The van der Waals surface area contributed by atoms with Gasteiger partial charge in [0.2, 0.25) is 11.8 Å². The maximum absolute atomic E-state index is 12.8. The molecule has 1 heterocycles. The highest BCUT2D eigenvalue weighted by atomic mass is 16.5. The molecule has 2 aromatic rings. The van der Waals surface area contributed by atoms with Crippen LogP contribution in [0.25, 0.3) is 11.1 Å². The number of hydrogen-bond acceptors (Lipinski definition) is 5. The van der Waals surface area contributed by atoms with Crippen molar-refractivity contribution >= 4 is 23.9 Å². The van der Waals surface area contributed by atoms with Gasteiger partial charge in [-0.25, -0.2) is 4.79 Å². The highest BCUT2D eigenvalue weighted by Crippen LogP contribution is 2.44. The predicted molar refractivity (Wildman–Crippen MR) is 123 cm³/mol. The van der Waals surface area contributed by atoms with Gasteiger partial charge >= 0.3 is 12.1 Å². The fraction of sp³-hybridized carbons (Fsp3) is 0.360. The molecule has 2 aromatic carbocycles. The minimum atomic E-state index is -1.19. The van der Waals surface area contributed by atoms with E-state index in [2.05, 4.69) is 16.0 Å². The lowest BCUT2D eigenvalue weighted by Crippen LogP contribution is -2.53. The van der Waals surface area contributed by atoms with Gasteiger partial charge in [-0.3, -0.25) is 14.4 Å². The molecule has 3 amide bonds. The Labute approximate surface area is 196 Å². The molecular formula is C25H27N3O6. The van der Waals surface area contributed by atoms with Gasteiger partial charge in [0.05, 0.1) is 0 Å². The summed E-state index contributed by atoms with van der Waals surface area (Å²) >= 11 is 0. The Morgan fingerprint density at radius 2 is 1.71 bits per heavy atom. The van der Waals surface area contributed by atoms with E-state index in [1.165, 1.54) is 0 Å². The fourth-order valence-corrected chi connectivity index (χ4v) is 4.61. The number of fused-ring (bicyclic) bond motifs is 3. The first kappa shape index (κ1) is 23.3. The predicted octanol–water partition coefficient (Wildman–Crippen LogP) is 2.01. The Morgan fingerprint density at radius 1 is 1.09 bits per heavy atom. The topological polar surface area (TPSA) is 134 Å². The van der Waals surface area contributed by atoms with E-state index in [0.717, 1.165) is 22.3 Å². The highest BCUT2D eigenvalue weighted by molar-refractivity contribution is 5.96. The summed E-state index contributed by atoms with van der Waals surface area (Å²) in [4.78, 5) is 48.7. The molecule has 0 aromatic heterocycles. The zero-order valence-electron chi connectivity index (χ0n) is 18.7. The summed E-state index contributed by atoms with van der Waals surface area (Å²) < 4.78 is 5.51. The monoisotopic (exact) mass is 465 g/mol. The normalized spacial score (nSPS) is 19.5. The van der Waals surface area contributed by atoms with Crippen LogP contribution in [0.5, 0.6) is 0 Å². The van der Waals surface area contributed by atoms with Crippen molar-refractivity contribution in [2.45, 2.75) is 37.8 Å². The van der Waals surface area contributed by atoms with Gasteiger partial charge in [0.15, 0.2) is 0 Å². The zero-order valence-corrected chi connectivity index (χ0v) is 18.7. The van der Waals surface area contributed by atoms with Gasteiger partial charge < -0.3 is 25.8 Å². The number of amides is 3. The van der Waals surface area contributed by atoms with Crippen molar-refractivity contribution < 1.29 is 29.0 Å². The fourth-order valence-electron chi connectivity index (χ4n) is 4.61. The molecular weight excluding hydrogens is 438 g/mol. The van der Waals surface area contributed by atoms with Gasteiger partial charge in [0.1, 0.15) is 24.6 Å². The summed E-state index contributed by atoms with van der Waals surface area (Å²) in [5.74, 6) is -3.54. The molecule has 0 spiro atoms. The van der Waals surface area contributed by atoms with Crippen LogP contribution in [0.3, 0.4) is 0 Å². The van der Waals surface area contributed by atoms with Crippen molar-refractivity contribution in [1.29, 1.82) is 0 Å². The van der Waals surface area contributed by atoms with Crippen LogP contribution in [0.4, 0.5) is 4.79 Å². The molecule has 0 bridgehead atoms. The van der Waals surface area contributed by atoms with Crippen molar-refractivity contribution in [2.24, 2.45) is 5.92 Å². The maximum Gasteiger partial charge on any atom is 0.407 e. The Balaban J connectivity index is 1.39. The lowest BCUT2D eigenvalue weighted by molar-refractivity contribution is -0.143. The van der Waals surface area contributed by atoms with Crippen LogP contribution in [0.2, 0.25) is 0 Å². The third kappa shape index (κ3) is 4.59. The Bertz CT molecular complexity index is 1070. The average molecular weight is 466 g/mol. The van der Waals surface area contributed by atoms with Crippen LogP contribution < -0.4 is 16.0 Å². The Hall–Kier alpha value is -3.88. The van der Waals surface area contributed by atoms with Gasteiger partial charge in [-0.05, 0) is 28.7 Å². The first-order valence-corrected chi connectivity index (χ1v) is 11.3. The van der Waals surface area contributed by atoms with Crippen LogP contribution in [0, 0.1) is 5.92 Å². The molecule has 1 aliphatic heterocycles. The molecule has 0 radical (unpaired) electrons. The molecule has 3 atom stereocenters. The van der Waals surface area contributed by atoms with Gasteiger partial charge in [0.25, 0.3) is 0 Å². The number of benzene rings is 2. The Kier molecular flexibility index (Phi) is 6.81. The van der Waals surface area contributed by atoms with Crippen molar-refractivity contribution in [1.82, 2.24) is 16.0 Å². The lowest BCUT2D eigenvalue weighted by Gasteiger charge is -2.22. The van der Waals surface area contributed by atoms with Crippen molar-refractivity contribution in [2.75, 3.05) is 13.2 Å². The summed E-state index contributed by atoms with van der Waals surface area (Å²) in [6, 6.07) is 13.8. The van der Waals surface area contributed by atoms with Gasteiger partial charge in [0, 0.05) is 12.5 Å². The number of carboxylic acid groups (broad SMARTS) is 1. The van der Waals surface area contributed by atoms with E-state index >= 15 is 0 Å². The quantitative estimate of drug-likeness (QED) is 0.471. The molecule has 2 unspecified atom stereocenters. The molecule has 4 rings (SSSR count). The average Bonchev–Trinajstić information content (AvgIpc) is 3.35. The van der Waals surface area contributed by atoms with E-state index in [0.29, 0.717) is 12.8 Å². The van der Waals surface area contributed by atoms with Crippen LogP contribution in [0.1, 0.15) is 36.8 Å². The van der Waals surface area contributed by atoms with E-state index in [4.69, 9.17) is 4.74 Å². The van der Waals surface area contributed by atoms with E-state index < -0.39 is 41.9 Å². The standard InChI is InChI=1S/C25H27N3O6/c1-2-7-20(22(29)28-21-18(24(31)32)12-26-23(21)30)27-25(33)34-13-19-16-10-5-3-8-14(16)15-9-4-6-11-17(15)19/h3-6,8-11,18-21H,2,7,12-13H2,1H3,(H,26,30)(H,27,33)(H,28,29)(H,31,32)/t18?,20-,21?/m0/s1. The van der Waals surface area contributed by atoms with Crippen molar-refractivity contribution in [3.63, 3.8) is 0 Å². The second-order valence-electron chi connectivity index (χ2n) is 8.49. The number of carbonyl (C=O) groups excluding carboxylic acids is 3. The second kappa shape index (κ2) is 9.94. The van der Waals surface area contributed by atoms with E-state index in [9.17, 15) is 24.3 Å². The maximum atomic E-state index is 12.8. The minimum Gasteiger partial charge on any atom is -0.481 e. The lowest BCUT2D eigenvalue weighted by atomic mass is 9.98. The number of carbonyl (C=O) groups is 4. The molecule has 1 aliphatic carbocycles. The highest BCUT2D eigenvalue weighted by Gasteiger charge is 2.41. The summed E-state index contributed by atoms with van der Waals surface area (Å²) in [7, 11) is 0. The number of aliphatic carboxylic acids is 1. The molecule has 9 heteroatoms. The van der Waals surface area contributed by atoms with E-state index in [-0.39, 0.29) is 19.1 Å². The molecule has 0 saturated carbocycles. The Morgan fingerprint density at radius 3 is 2.29 bits per heavy atom. The third-order valence-electron chi connectivity index (χ3n) is 6.33. The second-order valence-corrected chi connectivity index (χ2v) is 8.49. The van der Waals surface area contributed by atoms with Crippen molar-refractivity contribution in [3.8, 4) is 11.1 Å². The number of ether oxygens (including phenoxy) is 1. The molecule has 34 heavy (non-hydrogen) atoms. The number of carboxylic acids is 1. The smallest absolute Gasteiger partial charge is 0.407 e. The first-order chi connectivity index (χ1) is 16.4. The summed E-state index contributed by atoms with van der Waals surface area (Å²) in [5.41, 5.74) is 4.37. The third-order valence-corrected chi connectivity index (χ3v) is 6.33. The number of nitrogens with one attached hydrogen (secondary N) is 3. The van der Waals surface area contributed by atoms with Crippen LogP contribution >= 0.6 is 0 Å². The zero-order chi connectivity index (χ0) is 24.2. The van der Waals surface area contributed by atoms with Crippen LogP contribution in [0.15, 0.2) is 48.5 Å². The number of rotatable bonds is 8. The van der Waals surface area contributed by atoms with Crippen molar-refractivity contribution in [3.05, 3.63) is 59.7 Å². The molecule has 4 N–H and O–H groups in total. The molecule has 2 aliphatic rings. The number of alkyl carbamates (subject to hydrolysis) is 1. The molecule has 178 valence electrons. The summed E-state index contributed by atoms with van der Waals surface area (Å²) in [6.07, 6.45) is 0.143. The van der Waals surface area contributed by atoms with Gasteiger partial charge in [-0.15, -0.1) is 0 Å². The van der Waals surface area contributed by atoms with E-state index in [1.807, 2.05) is 55.5 Å². The van der Waals surface area contributed by atoms with Crippen LogP contribution in [-0.4, -0.2) is 54.2 Å². The van der Waals surface area contributed by atoms with Crippen LogP contribution in [-0.2, 0) is 19.1 Å². The molecule has 9 nitrogen and oxygen atoms in total. The largest absolute Gasteiger partial charge is 0.481 e. The number of hydrogen-bond donors (Lipinski definition) is 4. The van der Waals surface area contributed by atoms with E-state index in [1.54, 1.807) is 0 Å². The minimum absolute atomic E-state index is 0.0582. The van der Waals surface area contributed by atoms with Gasteiger partial charge in [-0.2, -0.15) is 0 Å². The summed E-state index contributed by atoms with van der Waals surface area (Å²) in [6.45, 7) is 1.89. The summed E-state index contributed by atoms with van der Waals surface area (Å²) in [5, 5.41) is 16.8. The first-order valence-electron chi connectivity index (χ1n) is 11.3.